The van der Waals surface area contributed by atoms with Crippen LogP contribution in [0.15, 0.2) is 6.07 Å². The average Bonchev–Trinajstić information content (AvgIpc) is 2.58. The summed E-state index contributed by atoms with van der Waals surface area (Å²) in [6, 6.07) is 2.85. The lowest BCUT2D eigenvalue weighted by atomic mass is 10.1. The Morgan fingerprint density at radius 3 is 2.75 bits per heavy atom. The lowest BCUT2D eigenvalue weighted by molar-refractivity contribution is 0.621. The van der Waals surface area contributed by atoms with Crippen molar-refractivity contribution in [2.75, 3.05) is 16.4 Å². The summed E-state index contributed by atoms with van der Waals surface area (Å²) in [5.74, 6) is 1.56. The molecule has 0 radical (unpaired) electrons. The minimum absolute atomic E-state index is 0.254. The molecule has 2 heterocycles. The molecule has 0 aliphatic carbocycles. The van der Waals surface area contributed by atoms with Gasteiger partial charge in [0.05, 0.1) is 0 Å². The van der Waals surface area contributed by atoms with E-state index in [1.807, 2.05) is 0 Å². The molecule has 1 aromatic heterocycles. The Morgan fingerprint density at radius 2 is 2.12 bits per heavy atom. The molecule has 4 N–H and O–H groups in total. The van der Waals surface area contributed by atoms with Gasteiger partial charge in [-0.3, -0.25) is 0 Å². The van der Waals surface area contributed by atoms with Gasteiger partial charge < -0.3 is 16.4 Å². The maximum absolute atomic E-state index is 5.70. The van der Waals surface area contributed by atoms with Crippen molar-refractivity contribution in [1.82, 2.24) is 9.97 Å². The van der Waals surface area contributed by atoms with Crippen LogP contribution in [-0.2, 0) is 0 Å². The normalized spacial score (nSPS) is 25.0. The van der Waals surface area contributed by atoms with Gasteiger partial charge in [-0.2, -0.15) is 9.97 Å². The highest BCUT2D eigenvalue weighted by atomic mass is 15.3. The largest absolute Gasteiger partial charge is 0.383 e. The summed E-state index contributed by atoms with van der Waals surface area (Å²) in [5.41, 5.74) is 11.3. The second kappa shape index (κ2) is 4.15. The average molecular weight is 221 g/mol. The van der Waals surface area contributed by atoms with Crippen LogP contribution in [0, 0.1) is 0 Å². The van der Waals surface area contributed by atoms with Crippen molar-refractivity contribution in [2.45, 2.75) is 45.2 Å². The number of nitrogens with zero attached hydrogens (tertiary/aromatic N) is 3. The number of hydrogen-bond donors (Lipinski definition) is 2. The molecule has 0 saturated carbocycles. The van der Waals surface area contributed by atoms with E-state index in [2.05, 4.69) is 28.7 Å². The summed E-state index contributed by atoms with van der Waals surface area (Å²) in [7, 11) is 0. The zero-order valence-electron chi connectivity index (χ0n) is 9.85. The first-order valence-corrected chi connectivity index (χ1v) is 5.80. The fraction of sp³-hybridized carbons (Fsp3) is 0.636. The molecule has 0 spiro atoms. The predicted molar refractivity (Wildman–Crippen MR) is 66.1 cm³/mol. The Bertz CT molecular complexity index is 358. The van der Waals surface area contributed by atoms with Crippen LogP contribution in [0.3, 0.4) is 0 Å². The highest BCUT2D eigenvalue weighted by molar-refractivity contribution is 5.52. The van der Waals surface area contributed by atoms with E-state index in [4.69, 9.17) is 11.5 Å². The molecule has 2 unspecified atom stereocenters. The zero-order chi connectivity index (χ0) is 11.7. The first-order valence-electron chi connectivity index (χ1n) is 5.80. The quantitative estimate of drug-likeness (QED) is 0.789. The lowest BCUT2D eigenvalue weighted by Crippen LogP contribution is -2.35. The summed E-state index contributed by atoms with van der Waals surface area (Å²) < 4.78 is 0. The fourth-order valence-electron chi connectivity index (χ4n) is 2.49. The molecule has 2 rings (SSSR count). The minimum Gasteiger partial charge on any atom is -0.383 e. The number of nitrogen functional groups attached to an aromatic ring is 2. The molecule has 2 atom stereocenters. The van der Waals surface area contributed by atoms with Gasteiger partial charge in [-0.15, -0.1) is 0 Å². The summed E-state index contributed by atoms with van der Waals surface area (Å²) in [5, 5.41) is 0. The van der Waals surface area contributed by atoms with Crippen LogP contribution in [0.25, 0.3) is 0 Å². The fourth-order valence-corrected chi connectivity index (χ4v) is 2.49. The third kappa shape index (κ3) is 1.89. The number of aromatic nitrogens is 2. The van der Waals surface area contributed by atoms with Gasteiger partial charge in [-0.1, -0.05) is 6.92 Å². The summed E-state index contributed by atoms with van der Waals surface area (Å²) in [6.45, 7) is 4.41. The molecule has 5 nitrogen and oxygen atoms in total. The molecule has 16 heavy (non-hydrogen) atoms. The summed E-state index contributed by atoms with van der Waals surface area (Å²) >= 11 is 0. The van der Waals surface area contributed by atoms with Gasteiger partial charge in [0.25, 0.3) is 0 Å². The van der Waals surface area contributed by atoms with Gasteiger partial charge in [0.15, 0.2) is 0 Å². The van der Waals surface area contributed by atoms with E-state index in [1.54, 1.807) is 6.07 Å². The monoisotopic (exact) mass is 221 g/mol. The third-order valence-corrected chi connectivity index (χ3v) is 3.27. The minimum atomic E-state index is 0.254. The van der Waals surface area contributed by atoms with Crippen molar-refractivity contribution in [3.63, 3.8) is 0 Å². The van der Waals surface area contributed by atoms with Crippen LogP contribution in [0.5, 0.6) is 0 Å². The van der Waals surface area contributed by atoms with Gasteiger partial charge >= 0.3 is 0 Å². The first-order chi connectivity index (χ1) is 7.61. The van der Waals surface area contributed by atoms with Crippen LogP contribution in [-0.4, -0.2) is 22.1 Å². The van der Waals surface area contributed by atoms with Gasteiger partial charge in [0, 0.05) is 18.2 Å². The van der Waals surface area contributed by atoms with Gasteiger partial charge in [-0.05, 0) is 26.2 Å². The highest BCUT2D eigenvalue weighted by Crippen LogP contribution is 2.31. The van der Waals surface area contributed by atoms with Crippen molar-refractivity contribution in [2.24, 2.45) is 0 Å². The highest BCUT2D eigenvalue weighted by Gasteiger charge is 2.30. The summed E-state index contributed by atoms with van der Waals surface area (Å²) in [4.78, 5) is 10.5. The van der Waals surface area contributed by atoms with Crippen LogP contribution >= 0.6 is 0 Å². The van der Waals surface area contributed by atoms with E-state index in [1.165, 1.54) is 12.8 Å². The van der Waals surface area contributed by atoms with Crippen LogP contribution in [0.4, 0.5) is 17.6 Å². The molecule has 1 fully saturated rings. The number of anilines is 3. The SMILES string of the molecule is CCC1CCC(C)N1c1cc(N)nc(N)n1. The Kier molecular flexibility index (Phi) is 2.85. The van der Waals surface area contributed by atoms with Crippen molar-refractivity contribution in [3.05, 3.63) is 6.07 Å². The van der Waals surface area contributed by atoms with Crippen LogP contribution < -0.4 is 16.4 Å². The maximum atomic E-state index is 5.70. The second-order valence-corrected chi connectivity index (χ2v) is 4.40. The number of rotatable bonds is 2. The van der Waals surface area contributed by atoms with Crippen molar-refractivity contribution < 1.29 is 0 Å². The molecule has 0 amide bonds. The third-order valence-electron chi connectivity index (χ3n) is 3.27. The van der Waals surface area contributed by atoms with Crippen molar-refractivity contribution >= 4 is 17.6 Å². The van der Waals surface area contributed by atoms with Gasteiger partial charge in [0.2, 0.25) is 5.95 Å². The molecule has 0 bridgehead atoms. The Morgan fingerprint density at radius 1 is 1.38 bits per heavy atom. The van der Waals surface area contributed by atoms with E-state index in [9.17, 15) is 0 Å². The Balaban J connectivity index is 2.34. The molecule has 1 saturated heterocycles. The zero-order valence-corrected chi connectivity index (χ0v) is 9.85. The topological polar surface area (TPSA) is 81.1 Å². The van der Waals surface area contributed by atoms with E-state index in [0.717, 1.165) is 12.2 Å². The van der Waals surface area contributed by atoms with Crippen molar-refractivity contribution in [1.29, 1.82) is 0 Å². The second-order valence-electron chi connectivity index (χ2n) is 4.40. The molecule has 1 aromatic rings. The number of nitrogens with two attached hydrogens (primary N) is 2. The van der Waals surface area contributed by atoms with E-state index in [0.29, 0.717) is 17.9 Å². The maximum Gasteiger partial charge on any atom is 0.223 e. The van der Waals surface area contributed by atoms with E-state index in [-0.39, 0.29) is 5.95 Å². The Hall–Kier alpha value is -1.52. The standard InChI is InChI=1S/C11H19N5/c1-3-8-5-4-7(2)16(8)10-6-9(12)14-11(13)15-10/h6-8H,3-5H2,1-2H3,(H4,12,13,14,15). The molecule has 1 aliphatic heterocycles. The molecule has 88 valence electrons. The van der Waals surface area contributed by atoms with Crippen LogP contribution in [0.1, 0.15) is 33.1 Å². The first kappa shape index (κ1) is 11.0. The smallest absolute Gasteiger partial charge is 0.223 e. The van der Waals surface area contributed by atoms with Gasteiger partial charge in [-0.25, -0.2) is 0 Å². The predicted octanol–water partition coefficient (Wildman–Crippen LogP) is 1.41. The van der Waals surface area contributed by atoms with Crippen LogP contribution in [0.2, 0.25) is 0 Å². The lowest BCUT2D eigenvalue weighted by Gasteiger charge is -2.29. The molecule has 5 heteroatoms. The molecular formula is C11H19N5. The molecular weight excluding hydrogens is 202 g/mol. The number of hydrogen-bond acceptors (Lipinski definition) is 5. The van der Waals surface area contributed by atoms with Gasteiger partial charge in [0.1, 0.15) is 11.6 Å². The van der Waals surface area contributed by atoms with E-state index >= 15 is 0 Å². The van der Waals surface area contributed by atoms with E-state index < -0.39 is 0 Å². The molecule has 0 aromatic carbocycles. The van der Waals surface area contributed by atoms with Crippen molar-refractivity contribution in [3.8, 4) is 0 Å². The summed E-state index contributed by atoms with van der Waals surface area (Å²) in [6.07, 6.45) is 3.53. The molecule has 1 aliphatic rings. The Labute approximate surface area is 95.9 Å².